The highest BCUT2D eigenvalue weighted by molar-refractivity contribution is 6.16. The number of methoxy groups -OCH3 is 2. The molecule has 90 valence electrons. The Labute approximate surface area is 104 Å². The number of hydrogen-bond donors (Lipinski definition) is 0. The van der Waals surface area contributed by atoms with Crippen molar-refractivity contribution in [3.63, 3.8) is 0 Å². The molecule has 0 amide bonds. The van der Waals surface area contributed by atoms with Gasteiger partial charge >= 0.3 is 0 Å². The smallest absolute Gasteiger partial charge is 0.209 e. The van der Waals surface area contributed by atoms with Crippen LogP contribution in [0.5, 0.6) is 11.5 Å². The van der Waals surface area contributed by atoms with Crippen LogP contribution in [-0.4, -0.2) is 19.2 Å². The second-order valence-electron chi connectivity index (χ2n) is 3.32. The van der Waals surface area contributed by atoms with Crippen molar-refractivity contribution in [1.82, 2.24) is 4.98 Å². The maximum Gasteiger partial charge on any atom is 0.209 e. The van der Waals surface area contributed by atoms with Gasteiger partial charge in [-0.15, -0.1) is 11.6 Å². The van der Waals surface area contributed by atoms with Crippen LogP contribution in [0.2, 0.25) is 0 Å². The number of oxazole rings is 1. The lowest BCUT2D eigenvalue weighted by atomic mass is 10.1. The molecule has 0 saturated carbocycles. The van der Waals surface area contributed by atoms with Gasteiger partial charge in [0.15, 0.2) is 5.76 Å². The second-order valence-corrected chi connectivity index (χ2v) is 3.59. The van der Waals surface area contributed by atoms with Crippen molar-refractivity contribution in [2.45, 2.75) is 5.88 Å². The van der Waals surface area contributed by atoms with E-state index in [4.69, 9.17) is 25.5 Å². The van der Waals surface area contributed by atoms with Gasteiger partial charge in [0, 0.05) is 6.07 Å². The molecule has 0 bridgehead atoms. The van der Waals surface area contributed by atoms with E-state index < -0.39 is 0 Å². The summed E-state index contributed by atoms with van der Waals surface area (Å²) in [6, 6.07) is 5.48. The largest absolute Gasteiger partial charge is 0.497 e. The molecule has 0 atom stereocenters. The zero-order valence-electron chi connectivity index (χ0n) is 9.57. The summed E-state index contributed by atoms with van der Waals surface area (Å²) in [6.45, 7) is 0. The van der Waals surface area contributed by atoms with Gasteiger partial charge in [-0.2, -0.15) is 0 Å². The number of aromatic nitrogens is 1. The van der Waals surface area contributed by atoms with Crippen LogP contribution in [0.15, 0.2) is 28.8 Å². The first-order valence-electron chi connectivity index (χ1n) is 5.01. The van der Waals surface area contributed by atoms with E-state index in [1.165, 1.54) is 0 Å². The topological polar surface area (TPSA) is 44.5 Å². The zero-order valence-corrected chi connectivity index (χ0v) is 10.3. The number of halogens is 1. The van der Waals surface area contributed by atoms with Crippen LogP contribution in [0.25, 0.3) is 11.3 Å². The van der Waals surface area contributed by atoms with Crippen molar-refractivity contribution < 1.29 is 13.9 Å². The third-order valence-corrected chi connectivity index (χ3v) is 2.57. The van der Waals surface area contributed by atoms with E-state index in [9.17, 15) is 0 Å². The Morgan fingerprint density at radius 2 is 2.12 bits per heavy atom. The Bertz CT molecular complexity index is 510. The molecule has 0 aliphatic rings. The molecule has 0 radical (unpaired) electrons. The molecular weight excluding hydrogens is 242 g/mol. The molecule has 0 aliphatic carbocycles. The van der Waals surface area contributed by atoms with Gasteiger partial charge in [0.25, 0.3) is 0 Å². The molecule has 17 heavy (non-hydrogen) atoms. The predicted molar refractivity (Wildman–Crippen MR) is 64.6 cm³/mol. The van der Waals surface area contributed by atoms with Gasteiger partial charge in [-0.3, -0.25) is 0 Å². The molecule has 0 unspecified atom stereocenters. The van der Waals surface area contributed by atoms with E-state index in [1.807, 2.05) is 12.1 Å². The molecule has 5 heteroatoms. The molecular formula is C12H12ClNO3. The molecule has 0 aliphatic heterocycles. The minimum absolute atomic E-state index is 0.248. The fourth-order valence-electron chi connectivity index (χ4n) is 1.50. The fourth-order valence-corrected chi connectivity index (χ4v) is 1.62. The SMILES string of the molecule is COc1ccc(-c2cnc(CCl)o2)c(OC)c1. The third-order valence-electron chi connectivity index (χ3n) is 2.34. The van der Waals surface area contributed by atoms with Crippen molar-refractivity contribution >= 4 is 11.6 Å². The fraction of sp³-hybridized carbons (Fsp3) is 0.250. The van der Waals surface area contributed by atoms with E-state index >= 15 is 0 Å². The number of hydrogen-bond acceptors (Lipinski definition) is 4. The lowest BCUT2D eigenvalue weighted by Crippen LogP contribution is -1.89. The van der Waals surface area contributed by atoms with Gasteiger partial charge in [-0.25, -0.2) is 4.98 Å². The molecule has 2 rings (SSSR count). The quantitative estimate of drug-likeness (QED) is 0.786. The van der Waals surface area contributed by atoms with Crippen molar-refractivity contribution in [2.75, 3.05) is 14.2 Å². The highest BCUT2D eigenvalue weighted by Gasteiger charge is 2.12. The van der Waals surface area contributed by atoms with Crippen LogP contribution < -0.4 is 9.47 Å². The predicted octanol–water partition coefficient (Wildman–Crippen LogP) is 3.10. The lowest BCUT2D eigenvalue weighted by Gasteiger charge is -2.07. The van der Waals surface area contributed by atoms with E-state index in [0.29, 0.717) is 17.4 Å². The summed E-state index contributed by atoms with van der Waals surface area (Å²) in [4.78, 5) is 4.04. The first-order chi connectivity index (χ1) is 8.28. The lowest BCUT2D eigenvalue weighted by molar-refractivity contribution is 0.394. The first kappa shape index (κ1) is 11.8. The number of rotatable bonds is 4. The zero-order chi connectivity index (χ0) is 12.3. The summed E-state index contributed by atoms with van der Waals surface area (Å²) in [5.41, 5.74) is 0.817. The summed E-state index contributed by atoms with van der Waals surface area (Å²) in [5.74, 6) is 2.75. The van der Waals surface area contributed by atoms with E-state index in [1.54, 1.807) is 26.5 Å². The van der Waals surface area contributed by atoms with Crippen LogP contribution in [0, 0.1) is 0 Å². The average molecular weight is 254 g/mol. The monoisotopic (exact) mass is 253 g/mol. The first-order valence-corrected chi connectivity index (χ1v) is 5.55. The molecule has 0 spiro atoms. The number of benzene rings is 1. The summed E-state index contributed by atoms with van der Waals surface area (Å²) < 4.78 is 15.9. The van der Waals surface area contributed by atoms with E-state index in [0.717, 1.165) is 11.3 Å². The summed E-state index contributed by atoms with van der Waals surface area (Å²) in [6.07, 6.45) is 1.63. The van der Waals surface area contributed by atoms with Gasteiger partial charge in [-0.05, 0) is 12.1 Å². The Morgan fingerprint density at radius 1 is 1.29 bits per heavy atom. The molecule has 2 aromatic rings. The second kappa shape index (κ2) is 5.10. The maximum atomic E-state index is 5.64. The summed E-state index contributed by atoms with van der Waals surface area (Å²) in [5, 5.41) is 0. The van der Waals surface area contributed by atoms with Gasteiger partial charge in [0.1, 0.15) is 11.5 Å². The number of ether oxygens (including phenoxy) is 2. The molecule has 4 nitrogen and oxygen atoms in total. The highest BCUT2D eigenvalue weighted by Crippen LogP contribution is 2.33. The Morgan fingerprint density at radius 3 is 2.71 bits per heavy atom. The van der Waals surface area contributed by atoms with Crippen LogP contribution in [0.1, 0.15) is 5.89 Å². The highest BCUT2D eigenvalue weighted by atomic mass is 35.5. The standard InChI is InChI=1S/C12H12ClNO3/c1-15-8-3-4-9(10(5-8)16-2)11-7-14-12(6-13)17-11/h3-5,7H,6H2,1-2H3. The van der Waals surface area contributed by atoms with Crippen molar-refractivity contribution in [3.05, 3.63) is 30.3 Å². The maximum absolute atomic E-state index is 5.64. The van der Waals surface area contributed by atoms with Crippen molar-refractivity contribution in [3.8, 4) is 22.8 Å². The minimum atomic E-state index is 0.248. The normalized spacial score (nSPS) is 10.3. The number of nitrogens with zero attached hydrogens (tertiary/aromatic N) is 1. The molecule has 1 aromatic heterocycles. The Hall–Kier alpha value is -1.68. The molecule has 0 saturated heterocycles. The van der Waals surface area contributed by atoms with Gasteiger partial charge in [-0.1, -0.05) is 0 Å². The average Bonchev–Trinajstić information content (AvgIpc) is 2.86. The van der Waals surface area contributed by atoms with Crippen LogP contribution in [0.4, 0.5) is 0 Å². The van der Waals surface area contributed by atoms with Gasteiger partial charge < -0.3 is 13.9 Å². The van der Waals surface area contributed by atoms with E-state index in [-0.39, 0.29) is 5.88 Å². The Balaban J connectivity index is 2.43. The molecule has 1 aromatic carbocycles. The van der Waals surface area contributed by atoms with E-state index in [2.05, 4.69) is 4.98 Å². The van der Waals surface area contributed by atoms with Gasteiger partial charge in [0.2, 0.25) is 5.89 Å². The summed E-state index contributed by atoms with van der Waals surface area (Å²) in [7, 11) is 3.20. The van der Waals surface area contributed by atoms with Crippen LogP contribution in [0.3, 0.4) is 0 Å². The van der Waals surface area contributed by atoms with Crippen LogP contribution >= 0.6 is 11.6 Å². The van der Waals surface area contributed by atoms with Crippen LogP contribution in [-0.2, 0) is 5.88 Å². The summed E-state index contributed by atoms with van der Waals surface area (Å²) >= 11 is 5.64. The third kappa shape index (κ3) is 2.36. The minimum Gasteiger partial charge on any atom is -0.497 e. The number of alkyl halides is 1. The molecule has 0 N–H and O–H groups in total. The molecule has 0 fully saturated rings. The molecule has 1 heterocycles. The van der Waals surface area contributed by atoms with Crippen molar-refractivity contribution in [2.24, 2.45) is 0 Å². The Kier molecular flexibility index (Phi) is 3.54. The van der Waals surface area contributed by atoms with Crippen molar-refractivity contribution in [1.29, 1.82) is 0 Å². The van der Waals surface area contributed by atoms with Gasteiger partial charge in [0.05, 0.1) is 31.9 Å².